The first-order valence-electron chi connectivity index (χ1n) is 30.7. The molecule has 0 aliphatic carbocycles. The molecule has 1 aliphatic rings. The van der Waals surface area contributed by atoms with Gasteiger partial charge in [-0.3, -0.25) is 72.1 Å². The summed E-state index contributed by atoms with van der Waals surface area (Å²) in [6.07, 6.45) is 8.32. The maximum Gasteiger partial charge on any atom is 0.317 e. The highest BCUT2D eigenvalue weighted by Crippen LogP contribution is 2.18. The lowest BCUT2D eigenvalue weighted by atomic mass is 9.96. The molecule has 0 saturated carbocycles. The first kappa shape index (κ1) is 74.9. The number of aromatic amines is 2. The van der Waals surface area contributed by atoms with E-state index in [4.69, 9.17) is 5.73 Å². The average molecular weight is 1290 g/mol. The number of phenols is 1. The van der Waals surface area contributed by atoms with E-state index in [-0.39, 0.29) is 133 Å². The number of benzene rings is 1. The van der Waals surface area contributed by atoms with Crippen molar-refractivity contribution in [3.8, 4) is 5.75 Å². The Labute approximate surface area is 531 Å². The molecule has 1 saturated heterocycles. The number of primary amides is 1. The van der Waals surface area contributed by atoms with Crippen molar-refractivity contribution in [1.29, 1.82) is 0 Å². The number of nitrogens with one attached hydrogen (secondary N) is 12. The lowest BCUT2D eigenvalue weighted by Crippen LogP contribution is -2.58. The Balaban J connectivity index is 1.36. The summed E-state index contributed by atoms with van der Waals surface area (Å²) < 4.78 is 0. The second-order valence-corrected chi connectivity index (χ2v) is 22.3. The summed E-state index contributed by atoms with van der Waals surface area (Å²) in [7, 11) is 0. The van der Waals surface area contributed by atoms with Gasteiger partial charge in [-0.05, 0) is 95.0 Å². The Hall–Kier alpha value is -9.53. The van der Waals surface area contributed by atoms with Crippen LogP contribution in [0.25, 0.3) is 0 Å². The van der Waals surface area contributed by atoms with Gasteiger partial charge in [0.25, 0.3) is 0 Å². The van der Waals surface area contributed by atoms with Gasteiger partial charge in [0.2, 0.25) is 65.0 Å². The van der Waals surface area contributed by atoms with Gasteiger partial charge in [0.15, 0.2) is 0 Å². The van der Waals surface area contributed by atoms with E-state index in [0.29, 0.717) is 76.9 Å². The van der Waals surface area contributed by atoms with Crippen molar-refractivity contribution >= 4 is 76.9 Å². The number of carboxylic acids is 2. The van der Waals surface area contributed by atoms with Crippen molar-refractivity contribution in [3.05, 3.63) is 66.3 Å². The van der Waals surface area contributed by atoms with Crippen LogP contribution in [0.5, 0.6) is 5.75 Å². The van der Waals surface area contributed by atoms with Crippen LogP contribution >= 0.6 is 0 Å². The molecular formula is C59H89N17O16. The maximum absolute atomic E-state index is 14.4. The molecule has 2 aromatic heterocycles. The molecule has 4 rings (SSSR count). The van der Waals surface area contributed by atoms with Gasteiger partial charge < -0.3 is 84.2 Å². The van der Waals surface area contributed by atoms with E-state index in [1.165, 1.54) is 43.8 Å². The summed E-state index contributed by atoms with van der Waals surface area (Å²) in [6, 6.07) is 0.417. The van der Waals surface area contributed by atoms with Crippen LogP contribution in [0.3, 0.4) is 0 Å². The quantitative estimate of drug-likeness (QED) is 0.0245. The minimum absolute atomic E-state index is 0.00280. The molecule has 33 heteroatoms. The standard InChI is InChI=1S/C59H89N17O16/c1-38(71-51(82)29-40-18-24-75(34-54(85)86)26-27-76(25-19-40)35-55(87)88)57(90)73-45(7-3-5-21-64-53(84)33-68-50(81)15-13-48(79)66-23-17-42-31-62-37-70-42)58(91)74-46(28-39-8-10-43(77)11-9-39)59(92)72-44(56(60)89)6-2-4-20-63-52(83)32-67-49(80)14-12-47(78)65-22-16-41-30-61-36-69-41/h8-11,30-31,36-38,40,44-46,77H,2-7,12-29,32-35H2,1H3,(H2,60,89)(H,61,69)(H,62,70)(H,63,83)(H,64,84)(H,65,78)(H,66,79)(H,67,80)(H,68,81)(H,71,82)(H,72,92)(H,73,90)(H,74,91)(H,85,86)(H,87,88). The number of carboxylic acid groups (broad SMARTS) is 2. The van der Waals surface area contributed by atoms with Crippen molar-refractivity contribution in [1.82, 2.24) is 82.9 Å². The number of amides is 11. The van der Waals surface area contributed by atoms with Crippen molar-refractivity contribution in [2.75, 3.05) is 78.5 Å². The molecule has 4 unspecified atom stereocenters. The molecule has 11 amide bonds. The first-order valence-corrected chi connectivity index (χ1v) is 30.7. The highest BCUT2D eigenvalue weighted by Gasteiger charge is 2.31. The molecule has 1 aromatic carbocycles. The van der Waals surface area contributed by atoms with Crippen LogP contribution in [-0.2, 0) is 81.6 Å². The second-order valence-electron chi connectivity index (χ2n) is 22.3. The summed E-state index contributed by atoms with van der Waals surface area (Å²) >= 11 is 0. The highest BCUT2D eigenvalue weighted by molar-refractivity contribution is 5.95. The predicted octanol–water partition coefficient (Wildman–Crippen LogP) is -3.52. The first-order chi connectivity index (χ1) is 44.0. The molecule has 0 radical (unpaired) electrons. The third-order valence-corrected chi connectivity index (χ3v) is 14.8. The molecule has 92 heavy (non-hydrogen) atoms. The second kappa shape index (κ2) is 41.7. The number of carbonyl (C=O) groups is 13. The van der Waals surface area contributed by atoms with Crippen molar-refractivity contribution < 1.29 is 77.6 Å². The van der Waals surface area contributed by atoms with Gasteiger partial charge in [0.05, 0.1) is 38.8 Å². The number of hydrogen-bond donors (Lipinski definition) is 16. The number of nitrogens with two attached hydrogens (primary N) is 1. The van der Waals surface area contributed by atoms with Gasteiger partial charge >= 0.3 is 11.9 Å². The van der Waals surface area contributed by atoms with Crippen LogP contribution in [0.4, 0.5) is 0 Å². The molecule has 506 valence electrons. The van der Waals surface area contributed by atoms with Crippen LogP contribution in [0, 0.1) is 5.92 Å². The number of rotatable bonds is 42. The largest absolute Gasteiger partial charge is 0.508 e. The lowest BCUT2D eigenvalue weighted by molar-refractivity contribution is -0.140. The van der Waals surface area contributed by atoms with Crippen LogP contribution in [-0.4, -0.2) is 225 Å². The van der Waals surface area contributed by atoms with Gasteiger partial charge in [-0.1, -0.05) is 12.1 Å². The molecule has 33 nitrogen and oxygen atoms in total. The van der Waals surface area contributed by atoms with Crippen LogP contribution in [0.2, 0.25) is 0 Å². The number of aliphatic carboxylic acids is 2. The van der Waals surface area contributed by atoms with Crippen molar-refractivity contribution in [3.63, 3.8) is 0 Å². The van der Waals surface area contributed by atoms with Crippen molar-refractivity contribution in [2.45, 2.75) is 134 Å². The molecule has 1 fully saturated rings. The summed E-state index contributed by atoms with van der Waals surface area (Å²) in [4.78, 5) is 183. The Bertz CT molecular complexity index is 2850. The number of H-pyrrole nitrogens is 2. The Kier molecular flexibility index (Phi) is 34.0. The number of unbranched alkanes of at least 4 members (excludes halogenated alkanes) is 2. The van der Waals surface area contributed by atoms with Gasteiger partial charge in [-0.15, -0.1) is 0 Å². The zero-order valence-electron chi connectivity index (χ0n) is 51.8. The zero-order valence-corrected chi connectivity index (χ0v) is 51.8. The molecule has 0 bridgehead atoms. The SMILES string of the molecule is CC(NC(=O)CC1CCN(CC(=O)O)CCN(CC(=O)O)CC1)C(=O)NC(CCCCNC(=O)CNC(=O)CCC(=O)NCCc1cnc[nH]1)C(=O)NC(Cc1ccc(O)cc1)C(=O)NC(CCCCNC(=O)CNC(=O)CCC(=O)NCCc1cnc[nH]1)C(N)=O. The van der Waals surface area contributed by atoms with E-state index in [9.17, 15) is 77.6 Å². The van der Waals surface area contributed by atoms with Gasteiger partial charge in [0.1, 0.15) is 29.9 Å². The third-order valence-electron chi connectivity index (χ3n) is 14.8. The number of phenolic OH excluding ortho intramolecular Hbond substituents is 1. The number of nitrogens with zero attached hydrogens (tertiary/aromatic N) is 4. The predicted molar refractivity (Wildman–Crippen MR) is 329 cm³/mol. The Morgan fingerprint density at radius 3 is 1.42 bits per heavy atom. The van der Waals surface area contributed by atoms with E-state index in [2.05, 4.69) is 73.1 Å². The smallest absolute Gasteiger partial charge is 0.317 e. The summed E-state index contributed by atoms with van der Waals surface area (Å²) in [5, 5.41) is 55.2. The summed E-state index contributed by atoms with van der Waals surface area (Å²) in [6.45, 7) is 2.18. The van der Waals surface area contributed by atoms with Crippen LogP contribution in [0.15, 0.2) is 49.3 Å². The molecule has 4 atom stereocenters. The van der Waals surface area contributed by atoms with Crippen LogP contribution in [0.1, 0.15) is 107 Å². The third kappa shape index (κ3) is 32.3. The number of aromatic hydroxyl groups is 1. The minimum Gasteiger partial charge on any atom is -0.508 e. The fourth-order valence-electron chi connectivity index (χ4n) is 9.59. The van der Waals surface area contributed by atoms with E-state index in [0.717, 1.165) is 11.4 Å². The van der Waals surface area contributed by atoms with Crippen LogP contribution < -0.4 is 58.9 Å². The number of hydrogen-bond acceptors (Lipinski definition) is 18. The summed E-state index contributed by atoms with van der Waals surface area (Å²) in [5.41, 5.74) is 7.88. The molecule has 1 aliphatic heterocycles. The van der Waals surface area contributed by atoms with E-state index in [1.807, 2.05) is 0 Å². The van der Waals surface area contributed by atoms with Gasteiger partial charge in [-0.25, -0.2) is 9.97 Å². The average Bonchev–Trinajstić information content (AvgIpc) is 1.59. The lowest BCUT2D eigenvalue weighted by Gasteiger charge is -2.26. The van der Waals surface area contributed by atoms with Gasteiger partial charge in [0, 0.05) is 114 Å². The number of carbonyl (C=O) groups excluding carboxylic acids is 11. The monoisotopic (exact) mass is 1290 g/mol. The normalized spacial score (nSPS) is 14.2. The molecule has 3 aromatic rings. The topological polar surface area (TPSA) is 493 Å². The molecule has 3 heterocycles. The number of aromatic nitrogens is 4. The molecule has 0 spiro atoms. The van der Waals surface area contributed by atoms with Crippen molar-refractivity contribution in [2.24, 2.45) is 11.7 Å². The fourth-order valence-corrected chi connectivity index (χ4v) is 9.59. The van der Waals surface area contributed by atoms with E-state index in [1.54, 1.807) is 22.2 Å². The minimum atomic E-state index is -1.43. The molecular weight excluding hydrogens is 1200 g/mol. The Morgan fingerprint density at radius 2 is 0.967 bits per heavy atom. The zero-order chi connectivity index (χ0) is 67.2. The highest BCUT2D eigenvalue weighted by atomic mass is 16.4. The van der Waals surface area contributed by atoms with Gasteiger partial charge in [-0.2, -0.15) is 0 Å². The molecule has 17 N–H and O–H groups in total. The fraction of sp³-hybridized carbons (Fsp3) is 0.576. The summed E-state index contributed by atoms with van der Waals surface area (Å²) in [5.74, 6) is -9.28. The Morgan fingerprint density at radius 1 is 0.533 bits per heavy atom. The van der Waals surface area contributed by atoms with E-state index >= 15 is 0 Å². The van der Waals surface area contributed by atoms with E-state index < -0.39 is 89.3 Å². The maximum atomic E-state index is 14.4. The number of imidazole rings is 2.